The van der Waals surface area contributed by atoms with E-state index in [1.54, 1.807) is 7.11 Å². The average Bonchev–Trinajstić information content (AvgIpc) is 3.88. The quantitative estimate of drug-likeness (QED) is 0.0715. The van der Waals surface area contributed by atoms with Gasteiger partial charge < -0.3 is 114 Å². The van der Waals surface area contributed by atoms with Gasteiger partial charge in [0.1, 0.15) is 85.5 Å². The van der Waals surface area contributed by atoms with E-state index in [2.05, 4.69) is 26.5 Å². The van der Waals surface area contributed by atoms with E-state index >= 15 is 0 Å². The summed E-state index contributed by atoms with van der Waals surface area (Å²) < 4.78 is 61.6. The molecular formula is C52H84O23. The van der Waals surface area contributed by atoms with Crippen LogP contribution in [0.25, 0.3) is 0 Å². The fraction of sp³-hybridized carbons (Fsp3) is 0.923. The number of aliphatic hydroxyl groups excluding tert-OH is 13. The van der Waals surface area contributed by atoms with Gasteiger partial charge in [-0.15, -0.1) is 0 Å². The normalized spacial score (nSPS) is 53.8. The van der Waals surface area contributed by atoms with Gasteiger partial charge in [0.05, 0.1) is 50.8 Å². The number of ether oxygens (including phenoxy) is 10. The lowest BCUT2D eigenvalue weighted by Crippen LogP contribution is -2.66. The predicted octanol–water partition coefficient (Wildman–Crippen LogP) is -2.43. The summed E-state index contributed by atoms with van der Waals surface area (Å²) >= 11 is 0. The van der Waals surface area contributed by atoms with Crippen LogP contribution in [0.4, 0.5) is 0 Å². The van der Waals surface area contributed by atoms with Crippen molar-refractivity contribution < 1.29 is 114 Å². The van der Waals surface area contributed by atoms with Crippen LogP contribution in [-0.2, 0) is 47.4 Å². The first-order chi connectivity index (χ1) is 35.5. The van der Waals surface area contributed by atoms with Crippen molar-refractivity contribution in [2.24, 2.45) is 40.4 Å². The molecule has 0 spiro atoms. The molecule has 13 N–H and O–H groups in total. The molecule has 430 valence electrons. The first-order valence-electron chi connectivity index (χ1n) is 27.0. The Kier molecular flexibility index (Phi) is 17.7. The number of aliphatic hydroxyl groups is 13. The topological polar surface area (TPSA) is 355 Å². The molecule has 5 aliphatic heterocycles. The average molecular weight is 1080 g/mol. The Morgan fingerprint density at radius 1 is 0.667 bits per heavy atom. The molecule has 9 aliphatic rings. The van der Waals surface area contributed by atoms with E-state index in [-0.39, 0.29) is 54.3 Å². The summed E-state index contributed by atoms with van der Waals surface area (Å²) in [5, 5.41) is 139. The van der Waals surface area contributed by atoms with Crippen molar-refractivity contribution in [2.45, 2.75) is 226 Å². The van der Waals surface area contributed by atoms with Crippen LogP contribution in [0.1, 0.15) is 85.5 Å². The van der Waals surface area contributed by atoms with E-state index in [9.17, 15) is 66.4 Å². The maximum Gasteiger partial charge on any atom is 0.187 e. The molecule has 0 radical (unpaired) electrons. The van der Waals surface area contributed by atoms with Crippen molar-refractivity contribution in [3.05, 3.63) is 23.8 Å². The van der Waals surface area contributed by atoms with Crippen LogP contribution in [-0.4, -0.2) is 241 Å². The number of rotatable bonds is 16. The van der Waals surface area contributed by atoms with Gasteiger partial charge in [0.15, 0.2) is 30.9 Å². The lowest BCUT2D eigenvalue weighted by molar-refractivity contribution is -0.386. The van der Waals surface area contributed by atoms with Crippen LogP contribution in [0, 0.1) is 40.4 Å². The standard InChI is InChI=1S/C52H84O23/c1-21(19-67-46-40(62)39(61)36(58)31(17-53)71-46)9-14-52(66-6)22(2)33-30(75-52)16-29-27-8-7-25-15-26(55)10-13-51(25,28(27)11-12-50(29,33)5)20-68-49-45(74-48-42(64)38(60)35(57)24(4)70-48)43(65)44(32(18-54)72-49)73-47-41(63)37(59)34(56)23(3)69-47/h7,22-24,26-49,53-65H,1,8-20H2,2-6H3/t22?,23-,24-,26?,27?,28?,29?,30?,31?,32?,33?,34-,35-,36-,37+,38+,39?,40+,41+,42+,43?,44+,45+,46-,47?,48?,49-,50?,51?,52?/m1/s1. The highest BCUT2D eigenvalue weighted by molar-refractivity contribution is 5.28. The summed E-state index contributed by atoms with van der Waals surface area (Å²) in [6.07, 6.45) is -22.4. The minimum Gasteiger partial charge on any atom is -0.394 e. The van der Waals surface area contributed by atoms with Gasteiger partial charge in [-0.05, 0) is 94.3 Å². The SMILES string of the molecule is C=C(CCC1(OC)OC2CC3C4CC=C5CC(O)CCC5(CO[C@@H]5OC(CO)[C@H](OC6O[C@H](C)[C@@H](O)[C@H](O)[C@@H]6O)C(O)[C@@H]5OC5O[C@H](C)[C@@H](O)[C@H](O)[C@@H]5O)C4CCC3(C)C2C1C)CO[C@@H]1OC(CO)[C@@H](O)C(O)[C@@H]1O. The molecule has 23 nitrogen and oxygen atoms in total. The molecule has 0 aromatic rings. The number of fused-ring (bicyclic) bond motifs is 7. The van der Waals surface area contributed by atoms with Crippen molar-refractivity contribution in [1.82, 2.24) is 0 Å². The van der Waals surface area contributed by atoms with Crippen LogP contribution in [0.15, 0.2) is 23.8 Å². The van der Waals surface area contributed by atoms with Crippen LogP contribution in [0.3, 0.4) is 0 Å². The van der Waals surface area contributed by atoms with Gasteiger partial charge in [0.25, 0.3) is 0 Å². The van der Waals surface area contributed by atoms with Crippen LogP contribution < -0.4 is 0 Å². The third-order valence-electron chi connectivity index (χ3n) is 19.4. The van der Waals surface area contributed by atoms with E-state index in [4.69, 9.17) is 47.4 Å². The molecule has 5 heterocycles. The molecule has 75 heavy (non-hydrogen) atoms. The second kappa shape index (κ2) is 22.8. The van der Waals surface area contributed by atoms with Gasteiger partial charge in [-0.25, -0.2) is 0 Å². The van der Waals surface area contributed by atoms with Crippen LogP contribution in [0.5, 0.6) is 0 Å². The Hall–Kier alpha value is -1.44. The summed E-state index contributed by atoms with van der Waals surface area (Å²) in [6, 6.07) is 0. The fourth-order valence-corrected chi connectivity index (χ4v) is 15.1. The zero-order valence-electron chi connectivity index (χ0n) is 43.5. The molecule has 4 aliphatic carbocycles. The predicted molar refractivity (Wildman–Crippen MR) is 255 cm³/mol. The number of methoxy groups -OCH3 is 1. The highest BCUT2D eigenvalue weighted by Crippen LogP contribution is 2.70. The molecule has 9 rings (SSSR count). The summed E-state index contributed by atoms with van der Waals surface area (Å²) in [5.74, 6) is -0.300. The van der Waals surface area contributed by atoms with E-state index in [1.807, 2.05) is 0 Å². The number of hydrogen-bond donors (Lipinski definition) is 13. The second-order valence-corrected chi connectivity index (χ2v) is 23.5. The molecule has 30 atom stereocenters. The molecule has 3 saturated carbocycles. The molecule has 0 aromatic heterocycles. The largest absolute Gasteiger partial charge is 0.394 e. The molecule has 16 unspecified atom stereocenters. The molecule has 0 aromatic carbocycles. The Morgan fingerprint density at radius 2 is 1.27 bits per heavy atom. The molecule has 8 fully saturated rings. The Bertz CT molecular complexity index is 1980. The van der Waals surface area contributed by atoms with Gasteiger partial charge in [-0.2, -0.15) is 0 Å². The van der Waals surface area contributed by atoms with E-state index in [0.29, 0.717) is 37.7 Å². The minimum absolute atomic E-state index is 0.0202. The van der Waals surface area contributed by atoms with Gasteiger partial charge in [-0.1, -0.05) is 37.6 Å². The van der Waals surface area contributed by atoms with Crippen molar-refractivity contribution in [3.8, 4) is 0 Å². The highest BCUT2D eigenvalue weighted by Gasteiger charge is 2.69. The van der Waals surface area contributed by atoms with Crippen molar-refractivity contribution in [2.75, 3.05) is 33.5 Å². The highest BCUT2D eigenvalue weighted by atomic mass is 16.8. The zero-order chi connectivity index (χ0) is 54.2. The maximum atomic E-state index is 12.2. The summed E-state index contributed by atoms with van der Waals surface area (Å²) in [7, 11) is 1.66. The third kappa shape index (κ3) is 10.4. The molecule has 0 amide bonds. The first kappa shape index (κ1) is 58.2. The van der Waals surface area contributed by atoms with Crippen LogP contribution >= 0.6 is 0 Å². The minimum atomic E-state index is -1.79. The monoisotopic (exact) mass is 1080 g/mol. The third-order valence-corrected chi connectivity index (χ3v) is 19.4. The Balaban J connectivity index is 0.913. The lowest BCUT2D eigenvalue weighted by atomic mass is 9.46. The Morgan fingerprint density at radius 3 is 1.89 bits per heavy atom. The smallest absolute Gasteiger partial charge is 0.187 e. The fourth-order valence-electron chi connectivity index (χ4n) is 15.1. The lowest BCUT2D eigenvalue weighted by Gasteiger charge is -2.59. The van der Waals surface area contributed by atoms with Crippen molar-refractivity contribution in [1.29, 1.82) is 0 Å². The van der Waals surface area contributed by atoms with E-state index in [0.717, 1.165) is 31.3 Å². The first-order valence-corrected chi connectivity index (χ1v) is 27.0. The second-order valence-electron chi connectivity index (χ2n) is 23.5. The Labute approximate surface area is 436 Å². The van der Waals surface area contributed by atoms with E-state index in [1.165, 1.54) is 13.8 Å². The molecule has 5 saturated heterocycles. The maximum absolute atomic E-state index is 12.2. The zero-order valence-corrected chi connectivity index (χ0v) is 43.5. The van der Waals surface area contributed by atoms with Gasteiger partial charge in [-0.3, -0.25) is 0 Å². The summed E-state index contributed by atoms with van der Waals surface area (Å²) in [4.78, 5) is 0. The van der Waals surface area contributed by atoms with Crippen molar-refractivity contribution in [3.63, 3.8) is 0 Å². The summed E-state index contributed by atoms with van der Waals surface area (Å²) in [6.45, 7) is 10.4. The molecule has 23 heteroatoms. The van der Waals surface area contributed by atoms with Gasteiger partial charge in [0.2, 0.25) is 0 Å². The number of allylic oxidation sites excluding steroid dienone is 1. The van der Waals surface area contributed by atoms with E-state index < -0.39 is 153 Å². The molecule has 0 bridgehead atoms. The molecular weight excluding hydrogens is 993 g/mol. The van der Waals surface area contributed by atoms with Gasteiger partial charge in [0, 0.05) is 24.9 Å². The number of hydrogen-bond acceptors (Lipinski definition) is 23. The van der Waals surface area contributed by atoms with Crippen LogP contribution in [0.2, 0.25) is 0 Å². The summed E-state index contributed by atoms with van der Waals surface area (Å²) in [5.41, 5.74) is 0.978. The van der Waals surface area contributed by atoms with Gasteiger partial charge >= 0.3 is 0 Å². The van der Waals surface area contributed by atoms with Crippen molar-refractivity contribution >= 4 is 0 Å².